The van der Waals surface area contributed by atoms with Crippen molar-refractivity contribution in [1.82, 2.24) is 14.1 Å². The summed E-state index contributed by atoms with van der Waals surface area (Å²) in [5, 5.41) is 9.97. The van der Waals surface area contributed by atoms with Gasteiger partial charge in [-0.1, -0.05) is 0 Å². The van der Waals surface area contributed by atoms with Gasteiger partial charge in [0.1, 0.15) is 0 Å². The summed E-state index contributed by atoms with van der Waals surface area (Å²) in [6.07, 6.45) is 3.34. The van der Waals surface area contributed by atoms with Crippen molar-refractivity contribution < 1.29 is 18.3 Å². The second-order valence-corrected chi connectivity index (χ2v) is 8.57. The molecule has 2 atom stereocenters. The fraction of sp³-hybridized carbons (Fsp3) is 0.929. The zero-order chi connectivity index (χ0) is 15.7. The molecule has 1 saturated carbocycles. The highest BCUT2D eigenvalue weighted by Crippen LogP contribution is 2.25. The van der Waals surface area contributed by atoms with E-state index >= 15 is 0 Å². The molecule has 0 bridgehead atoms. The number of hydrogen-bond donors (Lipinski definition) is 1. The second-order valence-electron chi connectivity index (χ2n) is 6.49. The molecular formula is C14H25N3O4S. The van der Waals surface area contributed by atoms with Crippen LogP contribution in [0.3, 0.4) is 0 Å². The van der Waals surface area contributed by atoms with E-state index in [0.717, 1.165) is 32.4 Å². The fourth-order valence-electron chi connectivity index (χ4n) is 3.77. The molecule has 1 amide bonds. The molecule has 8 heteroatoms. The molecular weight excluding hydrogens is 306 g/mol. The number of rotatable bonds is 3. The van der Waals surface area contributed by atoms with E-state index in [0.29, 0.717) is 26.1 Å². The summed E-state index contributed by atoms with van der Waals surface area (Å²) in [6.45, 7) is 3.21. The number of amides is 1. The van der Waals surface area contributed by atoms with Crippen molar-refractivity contribution in [3.63, 3.8) is 0 Å². The number of carbonyl (C=O) groups is 1. The lowest BCUT2D eigenvalue weighted by molar-refractivity contribution is -0.133. The van der Waals surface area contributed by atoms with Crippen molar-refractivity contribution in [3.05, 3.63) is 0 Å². The van der Waals surface area contributed by atoms with Gasteiger partial charge in [0.15, 0.2) is 0 Å². The lowest BCUT2D eigenvalue weighted by Crippen LogP contribution is -2.55. The summed E-state index contributed by atoms with van der Waals surface area (Å²) in [7, 11) is -3.21. The lowest BCUT2D eigenvalue weighted by atomic mass is 10.1. The van der Waals surface area contributed by atoms with Gasteiger partial charge in [-0.3, -0.25) is 9.69 Å². The lowest BCUT2D eigenvalue weighted by Gasteiger charge is -2.39. The third kappa shape index (κ3) is 3.29. The maximum atomic E-state index is 12.3. The molecule has 3 rings (SSSR count). The zero-order valence-electron chi connectivity index (χ0n) is 12.9. The molecule has 1 aliphatic carbocycles. The van der Waals surface area contributed by atoms with Crippen LogP contribution in [0.1, 0.15) is 25.7 Å². The molecule has 0 spiro atoms. The fourth-order valence-corrected chi connectivity index (χ4v) is 5.24. The SMILES string of the molecule is O=C(CN1CCCS1(=O)=O)N1CCN([C@@H]2CCC[C@@H]2O)CC1. The largest absolute Gasteiger partial charge is 0.391 e. The molecule has 0 aromatic heterocycles. The minimum atomic E-state index is -3.21. The standard InChI is InChI=1S/C14H25N3O4S/c18-13-4-1-3-12(13)15-6-8-16(9-7-15)14(19)11-17-5-2-10-22(17,20)21/h12-13,18H,1-11H2/t12-,13+/m1/s1. The summed E-state index contributed by atoms with van der Waals surface area (Å²) in [4.78, 5) is 16.3. The van der Waals surface area contributed by atoms with Gasteiger partial charge in [-0.2, -0.15) is 4.31 Å². The monoisotopic (exact) mass is 331 g/mol. The normalized spacial score (nSPS) is 33.4. The van der Waals surface area contributed by atoms with Crippen LogP contribution in [0.15, 0.2) is 0 Å². The van der Waals surface area contributed by atoms with Crippen molar-refractivity contribution in [1.29, 1.82) is 0 Å². The molecule has 0 aromatic rings. The van der Waals surface area contributed by atoms with Crippen molar-refractivity contribution in [2.45, 2.75) is 37.8 Å². The Bertz CT molecular complexity index is 516. The number of hydrogen-bond acceptors (Lipinski definition) is 5. The smallest absolute Gasteiger partial charge is 0.237 e. The molecule has 2 aliphatic heterocycles. The van der Waals surface area contributed by atoms with E-state index in [2.05, 4.69) is 4.90 Å². The Labute approximate surface area is 131 Å². The number of sulfonamides is 1. The molecule has 2 heterocycles. The summed E-state index contributed by atoms with van der Waals surface area (Å²) in [5.74, 6) is 0.0604. The Morgan fingerprint density at radius 3 is 2.32 bits per heavy atom. The Morgan fingerprint density at radius 1 is 1.05 bits per heavy atom. The predicted octanol–water partition coefficient (Wildman–Crippen LogP) is -0.920. The number of carbonyl (C=O) groups excluding carboxylic acids is 1. The number of aliphatic hydroxyl groups is 1. The maximum absolute atomic E-state index is 12.3. The summed E-state index contributed by atoms with van der Waals surface area (Å²) in [6, 6.07) is 0.233. The van der Waals surface area contributed by atoms with E-state index in [1.807, 2.05) is 0 Å². The van der Waals surface area contributed by atoms with E-state index in [1.54, 1.807) is 4.90 Å². The van der Waals surface area contributed by atoms with Gasteiger partial charge in [-0.05, 0) is 25.7 Å². The highest BCUT2D eigenvalue weighted by molar-refractivity contribution is 7.89. The molecule has 0 aromatic carbocycles. The van der Waals surface area contributed by atoms with E-state index in [4.69, 9.17) is 0 Å². The van der Waals surface area contributed by atoms with Gasteiger partial charge in [0.05, 0.1) is 18.4 Å². The molecule has 7 nitrogen and oxygen atoms in total. The van der Waals surface area contributed by atoms with Gasteiger partial charge in [0.2, 0.25) is 15.9 Å². The second kappa shape index (κ2) is 6.43. The molecule has 22 heavy (non-hydrogen) atoms. The minimum absolute atomic E-state index is 0.0195. The van der Waals surface area contributed by atoms with Crippen LogP contribution < -0.4 is 0 Å². The van der Waals surface area contributed by atoms with Gasteiger partial charge in [-0.15, -0.1) is 0 Å². The first-order valence-corrected chi connectivity index (χ1v) is 9.76. The average Bonchev–Trinajstić information content (AvgIpc) is 3.05. The van der Waals surface area contributed by atoms with Crippen LogP contribution in [0.25, 0.3) is 0 Å². The Balaban J connectivity index is 1.50. The molecule has 2 saturated heterocycles. The number of aliphatic hydroxyl groups excluding tert-OH is 1. The highest BCUT2D eigenvalue weighted by Gasteiger charge is 2.35. The first-order chi connectivity index (χ1) is 10.5. The maximum Gasteiger partial charge on any atom is 0.237 e. The van der Waals surface area contributed by atoms with Crippen LogP contribution in [0.5, 0.6) is 0 Å². The van der Waals surface area contributed by atoms with Crippen LogP contribution in [0.4, 0.5) is 0 Å². The summed E-state index contributed by atoms with van der Waals surface area (Å²) in [5.41, 5.74) is 0. The average molecular weight is 331 g/mol. The topological polar surface area (TPSA) is 81.2 Å². The molecule has 1 N–H and O–H groups in total. The van der Waals surface area contributed by atoms with E-state index < -0.39 is 10.0 Å². The van der Waals surface area contributed by atoms with Crippen LogP contribution in [0.2, 0.25) is 0 Å². The quantitative estimate of drug-likeness (QED) is 0.723. The van der Waals surface area contributed by atoms with E-state index in [9.17, 15) is 18.3 Å². The molecule has 3 fully saturated rings. The third-order valence-corrected chi connectivity index (χ3v) is 7.00. The number of piperazine rings is 1. The molecule has 0 radical (unpaired) electrons. The predicted molar refractivity (Wildman–Crippen MR) is 81.8 cm³/mol. The minimum Gasteiger partial charge on any atom is -0.391 e. The van der Waals surface area contributed by atoms with Gasteiger partial charge >= 0.3 is 0 Å². The van der Waals surface area contributed by atoms with E-state index in [1.165, 1.54) is 4.31 Å². The number of nitrogens with zero attached hydrogens (tertiary/aromatic N) is 3. The third-order valence-electron chi connectivity index (χ3n) is 5.09. The Hall–Kier alpha value is -0.700. The summed E-state index contributed by atoms with van der Waals surface area (Å²) >= 11 is 0. The molecule has 126 valence electrons. The van der Waals surface area contributed by atoms with Crippen molar-refractivity contribution >= 4 is 15.9 Å². The highest BCUT2D eigenvalue weighted by atomic mass is 32.2. The first kappa shape index (κ1) is 16.2. The van der Waals surface area contributed by atoms with Gasteiger partial charge in [0, 0.05) is 38.8 Å². The first-order valence-electron chi connectivity index (χ1n) is 8.15. The van der Waals surface area contributed by atoms with Crippen molar-refractivity contribution in [3.8, 4) is 0 Å². The van der Waals surface area contributed by atoms with Crippen LogP contribution in [-0.4, -0.2) is 90.7 Å². The van der Waals surface area contributed by atoms with Gasteiger partial charge in [-0.25, -0.2) is 8.42 Å². The van der Waals surface area contributed by atoms with E-state index in [-0.39, 0.29) is 30.4 Å². The van der Waals surface area contributed by atoms with Crippen molar-refractivity contribution in [2.75, 3.05) is 45.0 Å². The Kier molecular flexibility index (Phi) is 4.72. The van der Waals surface area contributed by atoms with Crippen molar-refractivity contribution in [2.24, 2.45) is 0 Å². The summed E-state index contributed by atoms with van der Waals surface area (Å²) < 4.78 is 24.8. The van der Waals surface area contributed by atoms with Crippen LogP contribution in [-0.2, 0) is 14.8 Å². The van der Waals surface area contributed by atoms with Crippen LogP contribution in [0, 0.1) is 0 Å². The van der Waals surface area contributed by atoms with Gasteiger partial charge < -0.3 is 10.0 Å². The zero-order valence-corrected chi connectivity index (χ0v) is 13.7. The molecule has 0 unspecified atom stereocenters. The van der Waals surface area contributed by atoms with Crippen LogP contribution >= 0.6 is 0 Å². The molecule has 3 aliphatic rings. The van der Waals surface area contributed by atoms with Gasteiger partial charge in [0.25, 0.3) is 0 Å². The Morgan fingerprint density at radius 2 is 1.77 bits per heavy atom.